The highest BCUT2D eigenvalue weighted by atomic mass is 35.5. The minimum atomic E-state index is -0.555. The number of carbonyl (C=O) groups is 2. The predicted molar refractivity (Wildman–Crippen MR) is 93.0 cm³/mol. The van der Waals surface area contributed by atoms with Crippen LogP contribution in [0.2, 0.25) is 5.02 Å². The molecule has 0 unspecified atom stereocenters. The summed E-state index contributed by atoms with van der Waals surface area (Å²) in [5, 5.41) is 3.46. The molecule has 0 saturated carbocycles. The molecule has 25 heavy (non-hydrogen) atoms. The highest BCUT2D eigenvalue weighted by Gasteiger charge is 2.13. The topological polar surface area (TPSA) is 71.2 Å². The molecule has 7 heteroatoms. The molecule has 3 rings (SSSR count). The average molecular weight is 361 g/mol. The van der Waals surface area contributed by atoms with Crippen LogP contribution >= 0.6 is 11.6 Å². The Bertz CT molecular complexity index is 939. The van der Waals surface area contributed by atoms with Gasteiger partial charge in [0.1, 0.15) is 5.82 Å². The Hall–Kier alpha value is -2.86. The molecule has 0 aliphatic heterocycles. The van der Waals surface area contributed by atoms with Gasteiger partial charge in [0, 0.05) is 17.1 Å². The smallest absolute Gasteiger partial charge is 0.310 e. The number of esters is 1. The van der Waals surface area contributed by atoms with E-state index in [4.69, 9.17) is 16.3 Å². The Morgan fingerprint density at radius 3 is 2.80 bits per heavy atom. The van der Waals surface area contributed by atoms with Crippen LogP contribution in [0.4, 0.5) is 10.1 Å². The molecule has 0 fully saturated rings. The minimum Gasteiger partial charge on any atom is -0.455 e. The van der Waals surface area contributed by atoms with E-state index in [1.165, 1.54) is 12.1 Å². The molecule has 2 aromatic carbocycles. The van der Waals surface area contributed by atoms with Crippen LogP contribution in [0, 0.1) is 5.82 Å². The Balaban J connectivity index is 1.54. The van der Waals surface area contributed by atoms with Crippen molar-refractivity contribution in [3.05, 3.63) is 65.1 Å². The molecule has 0 saturated heterocycles. The number of ether oxygens (including phenoxy) is 1. The van der Waals surface area contributed by atoms with Gasteiger partial charge in [-0.25, -0.2) is 4.39 Å². The fourth-order valence-corrected chi connectivity index (χ4v) is 2.62. The molecule has 0 spiro atoms. The summed E-state index contributed by atoms with van der Waals surface area (Å²) in [6.07, 6.45) is 1.79. The van der Waals surface area contributed by atoms with Crippen LogP contribution in [0.15, 0.2) is 48.7 Å². The minimum absolute atomic E-state index is 0.0502. The van der Waals surface area contributed by atoms with Gasteiger partial charge in [-0.05, 0) is 29.8 Å². The summed E-state index contributed by atoms with van der Waals surface area (Å²) in [6, 6.07) is 11.2. The first-order valence-corrected chi connectivity index (χ1v) is 7.86. The zero-order chi connectivity index (χ0) is 17.8. The van der Waals surface area contributed by atoms with E-state index in [2.05, 4.69) is 10.3 Å². The molecule has 1 aromatic heterocycles. The number of benzene rings is 2. The second-order valence-electron chi connectivity index (χ2n) is 5.37. The van der Waals surface area contributed by atoms with Crippen LogP contribution in [-0.4, -0.2) is 23.5 Å². The maximum atomic E-state index is 13.0. The molecule has 128 valence electrons. The van der Waals surface area contributed by atoms with E-state index < -0.39 is 24.3 Å². The number of aromatic amines is 1. The van der Waals surface area contributed by atoms with Crippen molar-refractivity contribution in [2.45, 2.75) is 6.42 Å². The number of para-hydroxylation sites is 1. The number of carbonyl (C=O) groups excluding carboxylic acids is 2. The molecule has 0 bridgehead atoms. The van der Waals surface area contributed by atoms with Crippen LogP contribution in [0.1, 0.15) is 5.56 Å². The second kappa shape index (κ2) is 7.36. The fraction of sp³-hybridized carbons (Fsp3) is 0.111. The molecule has 0 radical (unpaired) electrons. The zero-order valence-electron chi connectivity index (χ0n) is 13.0. The SMILES string of the molecule is O=C(COC(=O)Cc1c[nH]c2ccccc12)Nc1ccc(F)cc1Cl. The largest absolute Gasteiger partial charge is 0.455 e. The van der Waals surface area contributed by atoms with Crippen LogP contribution in [0.5, 0.6) is 0 Å². The lowest BCUT2D eigenvalue weighted by atomic mass is 10.1. The zero-order valence-corrected chi connectivity index (χ0v) is 13.8. The summed E-state index contributed by atoms with van der Waals surface area (Å²) in [5.41, 5.74) is 1.97. The van der Waals surface area contributed by atoms with Gasteiger partial charge in [0.05, 0.1) is 17.1 Å². The van der Waals surface area contributed by atoms with E-state index in [0.29, 0.717) is 0 Å². The predicted octanol–water partition coefficient (Wildman–Crippen LogP) is 3.68. The Morgan fingerprint density at radius 1 is 1.20 bits per heavy atom. The number of aromatic nitrogens is 1. The van der Waals surface area contributed by atoms with Crippen LogP contribution < -0.4 is 5.32 Å². The van der Waals surface area contributed by atoms with Gasteiger partial charge in [0.2, 0.25) is 0 Å². The van der Waals surface area contributed by atoms with Gasteiger partial charge in [-0.15, -0.1) is 0 Å². The maximum Gasteiger partial charge on any atom is 0.310 e. The lowest BCUT2D eigenvalue weighted by Crippen LogP contribution is -2.21. The van der Waals surface area contributed by atoms with E-state index in [-0.39, 0.29) is 17.1 Å². The third-order valence-electron chi connectivity index (χ3n) is 3.58. The first-order valence-electron chi connectivity index (χ1n) is 7.48. The summed E-state index contributed by atoms with van der Waals surface area (Å²) >= 11 is 5.82. The number of rotatable bonds is 5. The first kappa shape index (κ1) is 17.0. The molecule has 1 amide bonds. The number of fused-ring (bicyclic) bond motifs is 1. The van der Waals surface area contributed by atoms with Gasteiger partial charge in [0.25, 0.3) is 5.91 Å². The average Bonchev–Trinajstić information content (AvgIpc) is 2.99. The summed E-state index contributed by atoms with van der Waals surface area (Å²) in [4.78, 5) is 26.8. The summed E-state index contributed by atoms with van der Waals surface area (Å²) in [5.74, 6) is -1.58. The Kier molecular flexibility index (Phi) is 5.00. The van der Waals surface area contributed by atoms with E-state index >= 15 is 0 Å². The van der Waals surface area contributed by atoms with Gasteiger partial charge in [-0.1, -0.05) is 29.8 Å². The van der Waals surface area contributed by atoms with Gasteiger partial charge in [0.15, 0.2) is 6.61 Å². The van der Waals surface area contributed by atoms with Crippen molar-refractivity contribution < 1.29 is 18.7 Å². The van der Waals surface area contributed by atoms with Gasteiger partial charge in [-0.3, -0.25) is 9.59 Å². The monoisotopic (exact) mass is 360 g/mol. The number of amides is 1. The molecule has 1 heterocycles. The lowest BCUT2D eigenvalue weighted by molar-refractivity contribution is -0.146. The number of anilines is 1. The Morgan fingerprint density at radius 2 is 2.00 bits per heavy atom. The molecule has 0 atom stereocenters. The van der Waals surface area contributed by atoms with Crippen molar-refractivity contribution >= 4 is 40.1 Å². The third-order valence-corrected chi connectivity index (χ3v) is 3.89. The Labute approximate surface area is 147 Å². The summed E-state index contributed by atoms with van der Waals surface area (Å²) in [6.45, 7) is -0.450. The first-order chi connectivity index (χ1) is 12.0. The number of hydrogen-bond acceptors (Lipinski definition) is 3. The number of H-pyrrole nitrogens is 1. The van der Waals surface area contributed by atoms with Crippen molar-refractivity contribution in [3.8, 4) is 0 Å². The highest BCUT2D eigenvalue weighted by Crippen LogP contribution is 2.22. The van der Waals surface area contributed by atoms with E-state index in [9.17, 15) is 14.0 Å². The van der Waals surface area contributed by atoms with Crippen LogP contribution in [-0.2, 0) is 20.7 Å². The highest BCUT2D eigenvalue weighted by molar-refractivity contribution is 6.33. The number of hydrogen-bond donors (Lipinski definition) is 2. The third kappa shape index (κ3) is 4.16. The van der Waals surface area contributed by atoms with Gasteiger partial charge < -0.3 is 15.0 Å². The fourth-order valence-electron chi connectivity index (χ4n) is 2.41. The van der Waals surface area contributed by atoms with Crippen molar-refractivity contribution in [3.63, 3.8) is 0 Å². The van der Waals surface area contributed by atoms with Crippen molar-refractivity contribution in [2.24, 2.45) is 0 Å². The molecule has 0 aliphatic rings. The molecule has 0 aliphatic carbocycles. The van der Waals surface area contributed by atoms with E-state index in [0.717, 1.165) is 22.5 Å². The number of nitrogens with one attached hydrogen (secondary N) is 2. The molecule has 3 aromatic rings. The second-order valence-corrected chi connectivity index (χ2v) is 5.78. The molecule has 2 N–H and O–H groups in total. The summed E-state index contributed by atoms with van der Waals surface area (Å²) < 4.78 is 17.9. The van der Waals surface area contributed by atoms with Gasteiger partial charge in [-0.2, -0.15) is 0 Å². The standard InChI is InChI=1S/C18H14ClFN2O3/c19-14-8-12(20)5-6-16(14)22-17(23)10-25-18(24)7-11-9-21-15-4-2-1-3-13(11)15/h1-6,8-9,21H,7,10H2,(H,22,23). The van der Waals surface area contributed by atoms with Crippen molar-refractivity contribution in [1.82, 2.24) is 4.98 Å². The van der Waals surface area contributed by atoms with Crippen LogP contribution in [0.25, 0.3) is 10.9 Å². The quantitative estimate of drug-likeness (QED) is 0.682. The number of halogens is 2. The lowest BCUT2D eigenvalue weighted by Gasteiger charge is -2.08. The van der Waals surface area contributed by atoms with Gasteiger partial charge >= 0.3 is 5.97 Å². The molecule has 5 nitrogen and oxygen atoms in total. The molecular weight excluding hydrogens is 347 g/mol. The van der Waals surface area contributed by atoms with E-state index in [1.807, 2.05) is 24.3 Å². The maximum absolute atomic E-state index is 13.0. The van der Waals surface area contributed by atoms with Crippen molar-refractivity contribution in [1.29, 1.82) is 0 Å². The summed E-state index contributed by atoms with van der Waals surface area (Å²) in [7, 11) is 0. The molecular formula is C18H14ClFN2O3. The normalized spacial score (nSPS) is 10.6. The van der Waals surface area contributed by atoms with Crippen molar-refractivity contribution in [2.75, 3.05) is 11.9 Å². The van der Waals surface area contributed by atoms with E-state index in [1.54, 1.807) is 6.20 Å². The van der Waals surface area contributed by atoms with Crippen LogP contribution in [0.3, 0.4) is 0 Å².